The number of rotatable bonds is 6. The quantitative estimate of drug-likeness (QED) is 0.577. The molecule has 7 heteroatoms. The molecule has 0 unspecified atom stereocenters. The van der Waals surface area contributed by atoms with Crippen LogP contribution in [0, 0.1) is 23.2 Å². The Morgan fingerprint density at radius 2 is 2.07 bits per heavy atom. The van der Waals surface area contributed by atoms with Gasteiger partial charge in [-0.25, -0.2) is 5.43 Å². The van der Waals surface area contributed by atoms with Crippen LogP contribution in [0.1, 0.15) is 51.5 Å². The summed E-state index contributed by atoms with van der Waals surface area (Å²) in [5.41, 5.74) is 2.48. The Balaban J connectivity index is 2.40. The van der Waals surface area contributed by atoms with Gasteiger partial charge in [-0.05, 0) is 24.8 Å². The summed E-state index contributed by atoms with van der Waals surface area (Å²) in [7, 11) is 0. The van der Waals surface area contributed by atoms with Gasteiger partial charge in [0, 0.05) is 12.3 Å². The summed E-state index contributed by atoms with van der Waals surface area (Å²) in [6, 6.07) is 11.2. The maximum atomic E-state index is 12.9. The molecule has 0 heterocycles. The average Bonchev–Trinajstić information content (AvgIpc) is 2.64. The highest BCUT2D eigenvalue weighted by Gasteiger charge is 2.45. The summed E-state index contributed by atoms with van der Waals surface area (Å²) in [4.78, 5) is 24.6. The topological polar surface area (TPSA) is 112 Å². The molecular weight excluding hydrogens is 358 g/mol. The van der Waals surface area contributed by atoms with Gasteiger partial charge in [0.1, 0.15) is 12.3 Å². The zero-order valence-corrected chi connectivity index (χ0v) is 16.5. The van der Waals surface area contributed by atoms with E-state index in [0.717, 1.165) is 5.56 Å². The fourth-order valence-electron chi connectivity index (χ4n) is 3.40. The van der Waals surface area contributed by atoms with Crippen LogP contribution in [0.3, 0.4) is 0 Å². The molecule has 1 amide bonds. The van der Waals surface area contributed by atoms with E-state index >= 15 is 0 Å². The number of aliphatic hydroxyl groups is 1. The van der Waals surface area contributed by atoms with Crippen molar-refractivity contribution in [2.24, 2.45) is 16.9 Å². The Morgan fingerprint density at radius 1 is 1.39 bits per heavy atom. The molecule has 0 aromatic heterocycles. The summed E-state index contributed by atoms with van der Waals surface area (Å²) in [5, 5.41) is 23.5. The number of hydrogen-bond acceptors (Lipinski definition) is 6. The van der Waals surface area contributed by atoms with Crippen LogP contribution in [0.5, 0.6) is 0 Å². The molecule has 7 nitrogen and oxygen atoms in total. The number of carbonyl (C=O) groups excluding carboxylic acids is 2. The van der Waals surface area contributed by atoms with Crippen molar-refractivity contribution in [2.75, 3.05) is 6.61 Å². The normalized spacial score (nSPS) is 25.9. The van der Waals surface area contributed by atoms with Crippen LogP contribution in [-0.2, 0) is 14.3 Å². The third-order valence-electron chi connectivity index (χ3n) is 4.59. The molecule has 1 aliphatic rings. The molecule has 1 fully saturated rings. The lowest BCUT2D eigenvalue weighted by atomic mass is 9.68. The Labute approximate surface area is 165 Å². The molecular formula is C21H27N3O4. The maximum absolute atomic E-state index is 12.9. The van der Waals surface area contributed by atoms with Crippen molar-refractivity contribution in [1.29, 1.82) is 5.26 Å². The zero-order valence-electron chi connectivity index (χ0n) is 16.5. The van der Waals surface area contributed by atoms with Crippen molar-refractivity contribution in [3.63, 3.8) is 0 Å². The molecule has 28 heavy (non-hydrogen) atoms. The summed E-state index contributed by atoms with van der Waals surface area (Å²) < 4.78 is 5.48. The summed E-state index contributed by atoms with van der Waals surface area (Å²) in [6.45, 7) is 5.86. The van der Waals surface area contributed by atoms with Gasteiger partial charge in [-0.3, -0.25) is 9.59 Å². The number of nitrogens with zero attached hydrogens (tertiary/aromatic N) is 2. The number of hydrogen-bond donors (Lipinski definition) is 2. The molecule has 0 saturated heterocycles. The highest BCUT2D eigenvalue weighted by Crippen LogP contribution is 2.41. The number of nitriles is 1. The van der Waals surface area contributed by atoms with E-state index < -0.39 is 23.4 Å². The number of benzene rings is 1. The minimum absolute atomic E-state index is 0.130. The second-order valence-electron chi connectivity index (χ2n) is 7.87. The van der Waals surface area contributed by atoms with Crippen LogP contribution in [0.4, 0.5) is 0 Å². The van der Waals surface area contributed by atoms with Crippen LogP contribution in [0.15, 0.2) is 35.4 Å². The molecule has 0 radical (unpaired) electrons. The van der Waals surface area contributed by atoms with Crippen LogP contribution in [0.2, 0.25) is 0 Å². The fourth-order valence-corrected chi connectivity index (χ4v) is 3.40. The fraction of sp³-hybridized carbons (Fsp3) is 0.524. The molecule has 1 saturated carbocycles. The number of ether oxygens (including phenoxy) is 1. The van der Waals surface area contributed by atoms with E-state index in [1.54, 1.807) is 13.0 Å². The molecule has 2 N–H and O–H groups in total. The van der Waals surface area contributed by atoms with Crippen molar-refractivity contribution in [2.45, 2.75) is 51.6 Å². The Kier molecular flexibility index (Phi) is 7.30. The van der Waals surface area contributed by atoms with Crippen molar-refractivity contribution in [3.8, 4) is 6.07 Å². The molecule has 3 atom stereocenters. The lowest BCUT2D eigenvalue weighted by Crippen LogP contribution is -2.46. The van der Waals surface area contributed by atoms with Crippen molar-refractivity contribution >= 4 is 17.6 Å². The first-order valence-corrected chi connectivity index (χ1v) is 9.39. The van der Waals surface area contributed by atoms with Gasteiger partial charge in [-0.15, -0.1) is 0 Å². The number of esters is 1. The average molecular weight is 385 g/mol. The minimum Gasteiger partial charge on any atom is -0.465 e. The number of nitrogens with one attached hydrogen (secondary N) is 1. The van der Waals surface area contributed by atoms with E-state index in [2.05, 4.69) is 10.5 Å². The third kappa shape index (κ3) is 5.89. The van der Waals surface area contributed by atoms with E-state index in [9.17, 15) is 14.7 Å². The molecule has 150 valence electrons. The van der Waals surface area contributed by atoms with Gasteiger partial charge in [-0.1, -0.05) is 44.2 Å². The smallest absolute Gasteiger partial charge is 0.315 e. The summed E-state index contributed by atoms with van der Waals surface area (Å²) >= 11 is 0. The third-order valence-corrected chi connectivity index (χ3v) is 4.59. The Hall–Kier alpha value is -2.72. The standard InChI is InChI=1S/C21H27N3O4/c1-14(2)13-28-20(26)19-16(15-7-5-4-6-8-15)11-21(3,27)12-17(19)23-24-18(25)9-10-22/h4-8,14,16,19,27H,9,11-13H2,1-3H3,(H,24,25)/b23-17-/t16-,19-,21+/m0/s1. The summed E-state index contributed by atoms with van der Waals surface area (Å²) in [5.74, 6) is -1.86. The van der Waals surface area contributed by atoms with Gasteiger partial charge in [0.25, 0.3) is 5.91 Å². The van der Waals surface area contributed by atoms with Gasteiger partial charge in [-0.2, -0.15) is 10.4 Å². The Bertz CT molecular complexity index is 766. The molecule has 1 aromatic carbocycles. The maximum Gasteiger partial charge on any atom is 0.315 e. The molecule has 2 rings (SSSR count). The van der Waals surface area contributed by atoms with Gasteiger partial charge in [0.15, 0.2) is 0 Å². The van der Waals surface area contributed by atoms with Gasteiger partial charge in [0.2, 0.25) is 0 Å². The predicted molar refractivity (Wildman–Crippen MR) is 104 cm³/mol. The second-order valence-corrected chi connectivity index (χ2v) is 7.87. The van der Waals surface area contributed by atoms with Crippen LogP contribution < -0.4 is 5.43 Å². The molecule has 1 aromatic rings. The van der Waals surface area contributed by atoms with Gasteiger partial charge in [0.05, 0.1) is 24.0 Å². The lowest BCUT2D eigenvalue weighted by Gasteiger charge is -2.39. The molecule has 0 spiro atoms. The SMILES string of the molecule is CC(C)COC(=O)[C@@H]1/C(=N\NC(=O)CC#N)C[C@](C)(O)C[C@H]1c1ccccc1. The molecule has 0 bridgehead atoms. The van der Waals surface area contributed by atoms with Crippen molar-refractivity contribution in [1.82, 2.24) is 5.43 Å². The number of amides is 1. The predicted octanol–water partition coefficient (Wildman–Crippen LogP) is 2.52. The van der Waals surface area contributed by atoms with Crippen molar-refractivity contribution in [3.05, 3.63) is 35.9 Å². The molecule has 0 aliphatic heterocycles. The monoisotopic (exact) mass is 385 g/mol. The van der Waals surface area contributed by atoms with Crippen LogP contribution in [-0.4, -0.2) is 34.9 Å². The second kappa shape index (κ2) is 9.47. The first-order chi connectivity index (χ1) is 13.2. The first-order valence-electron chi connectivity index (χ1n) is 9.39. The van der Waals surface area contributed by atoms with Gasteiger partial charge >= 0.3 is 5.97 Å². The van der Waals surface area contributed by atoms with E-state index in [-0.39, 0.29) is 31.3 Å². The van der Waals surface area contributed by atoms with Gasteiger partial charge < -0.3 is 9.84 Å². The summed E-state index contributed by atoms with van der Waals surface area (Å²) in [6.07, 6.45) is 0.159. The van der Waals surface area contributed by atoms with E-state index in [1.165, 1.54) is 0 Å². The highest BCUT2D eigenvalue weighted by atomic mass is 16.5. The van der Waals surface area contributed by atoms with E-state index in [1.807, 2.05) is 44.2 Å². The highest BCUT2D eigenvalue weighted by molar-refractivity contribution is 6.04. The lowest BCUT2D eigenvalue weighted by molar-refractivity contribution is -0.149. The van der Waals surface area contributed by atoms with Crippen LogP contribution in [0.25, 0.3) is 0 Å². The minimum atomic E-state index is -1.09. The van der Waals surface area contributed by atoms with E-state index in [0.29, 0.717) is 12.1 Å². The Morgan fingerprint density at radius 3 is 2.68 bits per heavy atom. The first kappa shape index (κ1) is 21.6. The van der Waals surface area contributed by atoms with E-state index in [4.69, 9.17) is 10.00 Å². The number of hydrazone groups is 1. The largest absolute Gasteiger partial charge is 0.465 e. The number of carbonyl (C=O) groups is 2. The zero-order chi connectivity index (χ0) is 20.7. The molecule has 1 aliphatic carbocycles. The van der Waals surface area contributed by atoms with Crippen molar-refractivity contribution < 1.29 is 19.4 Å². The van der Waals surface area contributed by atoms with Crippen LogP contribution >= 0.6 is 0 Å².